The van der Waals surface area contributed by atoms with Crippen LogP contribution in [0.25, 0.3) is 11.0 Å². The molecule has 10 nitrogen and oxygen atoms in total. The van der Waals surface area contributed by atoms with Gasteiger partial charge in [0.15, 0.2) is 5.15 Å². The number of carbonyl (C=O) groups is 1. The standard InChI is InChI=1S/C22H29Cl2N9O/c1-3-30-13-17(23)16-12-25-21(27-20(16)30)26-18-14-33(28-19(18)24)15-4-6-31(7-5-15)22(34)32-10-8-29(2)9-11-32/h12-15H,3-11H2,1-2H3,(H,25,26,27). The predicted molar refractivity (Wildman–Crippen MR) is 133 cm³/mol. The molecule has 2 aliphatic rings. The Morgan fingerprint density at radius 3 is 2.50 bits per heavy atom. The molecule has 3 aromatic rings. The number of halogens is 2. The van der Waals surface area contributed by atoms with E-state index < -0.39 is 0 Å². The van der Waals surface area contributed by atoms with Gasteiger partial charge in [0.1, 0.15) is 5.65 Å². The minimum Gasteiger partial charge on any atom is -0.331 e. The van der Waals surface area contributed by atoms with Gasteiger partial charge in [0.25, 0.3) is 0 Å². The summed E-state index contributed by atoms with van der Waals surface area (Å²) < 4.78 is 3.87. The number of aryl methyl sites for hydroxylation is 1. The van der Waals surface area contributed by atoms with Crippen LogP contribution in [0.4, 0.5) is 16.4 Å². The maximum absolute atomic E-state index is 12.9. The van der Waals surface area contributed by atoms with Gasteiger partial charge in [-0.1, -0.05) is 23.2 Å². The minimum atomic E-state index is 0.150. The molecule has 2 fully saturated rings. The van der Waals surface area contributed by atoms with Gasteiger partial charge in [0.05, 0.1) is 28.3 Å². The fourth-order valence-corrected chi connectivity index (χ4v) is 5.04. The zero-order valence-electron chi connectivity index (χ0n) is 19.4. The minimum absolute atomic E-state index is 0.150. The second-order valence-electron chi connectivity index (χ2n) is 8.92. The first-order chi connectivity index (χ1) is 16.4. The molecular weight excluding hydrogens is 477 g/mol. The van der Waals surface area contributed by atoms with Crippen molar-refractivity contribution >= 4 is 51.9 Å². The lowest BCUT2D eigenvalue weighted by atomic mass is 10.1. The van der Waals surface area contributed by atoms with Gasteiger partial charge >= 0.3 is 6.03 Å². The average molecular weight is 506 g/mol. The van der Waals surface area contributed by atoms with Crippen LogP contribution in [0, 0.1) is 0 Å². The zero-order chi connectivity index (χ0) is 23.8. The van der Waals surface area contributed by atoms with Crippen molar-refractivity contribution < 1.29 is 4.79 Å². The number of likely N-dealkylation sites (tertiary alicyclic amines) is 1. The maximum Gasteiger partial charge on any atom is 0.320 e. The number of nitrogens with one attached hydrogen (secondary N) is 1. The molecule has 2 saturated heterocycles. The first-order valence-electron chi connectivity index (χ1n) is 11.7. The quantitative estimate of drug-likeness (QED) is 0.581. The normalized spacial score (nSPS) is 18.1. The van der Waals surface area contributed by atoms with Crippen LogP contribution in [0.1, 0.15) is 25.8 Å². The summed E-state index contributed by atoms with van der Waals surface area (Å²) >= 11 is 12.7. The highest BCUT2D eigenvalue weighted by Crippen LogP contribution is 2.30. The van der Waals surface area contributed by atoms with E-state index >= 15 is 0 Å². The third-order valence-electron chi connectivity index (χ3n) is 6.72. The molecule has 182 valence electrons. The first-order valence-corrected chi connectivity index (χ1v) is 12.4. The molecule has 5 rings (SSSR count). The molecule has 1 N–H and O–H groups in total. The number of piperidine rings is 1. The molecule has 2 aliphatic heterocycles. The Kier molecular flexibility index (Phi) is 6.54. The fraction of sp³-hybridized carbons (Fsp3) is 0.545. The van der Waals surface area contributed by atoms with Gasteiger partial charge in [-0.15, -0.1) is 0 Å². The van der Waals surface area contributed by atoms with Crippen LogP contribution in [0.15, 0.2) is 18.6 Å². The lowest BCUT2D eigenvalue weighted by Gasteiger charge is -2.38. The second kappa shape index (κ2) is 9.59. The monoisotopic (exact) mass is 505 g/mol. The van der Waals surface area contributed by atoms with Gasteiger partial charge in [-0.2, -0.15) is 10.1 Å². The van der Waals surface area contributed by atoms with Crippen molar-refractivity contribution in [2.45, 2.75) is 32.4 Å². The molecule has 0 bridgehead atoms. The summed E-state index contributed by atoms with van der Waals surface area (Å²) in [5, 5.41) is 9.52. The number of carbonyl (C=O) groups excluding carboxylic acids is 1. The van der Waals surface area contributed by atoms with Crippen LogP contribution >= 0.6 is 23.2 Å². The molecule has 0 spiro atoms. The molecule has 0 saturated carbocycles. The number of fused-ring (bicyclic) bond motifs is 1. The Labute approximate surface area is 208 Å². The van der Waals surface area contributed by atoms with Gasteiger partial charge in [-0.25, -0.2) is 9.78 Å². The molecule has 0 radical (unpaired) electrons. The number of likely N-dealkylation sites (N-methyl/N-ethyl adjacent to an activating group) is 1. The van der Waals surface area contributed by atoms with Crippen molar-refractivity contribution in [1.82, 2.24) is 39.0 Å². The number of piperazine rings is 1. The van der Waals surface area contributed by atoms with Crippen molar-refractivity contribution in [3.63, 3.8) is 0 Å². The van der Waals surface area contributed by atoms with Crippen LogP contribution in [-0.4, -0.2) is 91.4 Å². The molecule has 3 aromatic heterocycles. The number of nitrogens with zero attached hydrogens (tertiary/aromatic N) is 8. The Bertz CT molecular complexity index is 1180. The Morgan fingerprint density at radius 2 is 1.79 bits per heavy atom. The molecule has 34 heavy (non-hydrogen) atoms. The average Bonchev–Trinajstić information content (AvgIpc) is 3.38. The van der Waals surface area contributed by atoms with Crippen molar-refractivity contribution in [3.05, 3.63) is 28.8 Å². The molecular formula is C22H29Cl2N9O. The third-order valence-corrected chi connectivity index (χ3v) is 7.30. The van der Waals surface area contributed by atoms with Crippen molar-refractivity contribution in [2.24, 2.45) is 0 Å². The van der Waals surface area contributed by atoms with E-state index in [4.69, 9.17) is 23.2 Å². The van der Waals surface area contributed by atoms with Crippen LogP contribution in [-0.2, 0) is 6.54 Å². The van der Waals surface area contributed by atoms with Gasteiger partial charge in [-0.3, -0.25) is 4.68 Å². The smallest absolute Gasteiger partial charge is 0.320 e. The number of hydrogen-bond donors (Lipinski definition) is 1. The number of rotatable bonds is 4. The molecule has 0 aromatic carbocycles. The van der Waals surface area contributed by atoms with E-state index in [0.29, 0.717) is 34.9 Å². The third kappa shape index (κ3) is 4.54. The maximum atomic E-state index is 12.9. The van der Waals surface area contributed by atoms with E-state index in [9.17, 15) is 4.79 Å². The van der Waals surface area contributed by atoms with E-state index in [-0.39, 0.29) is 12.1 Å². The Morgan fingerprint density at radius 1 is 1.09 bits per heavy atom. The van der Waals surface area contributed by atoms with Crippen molar-refractivity contribution in [3.8, 4) is 0 Å². The number of anilines is 2. The summed E-state index contributed by atoms with van der Waals surface area (Å²) in [6, 6.07) is 0.334. The highest BCUT2D eigenvalue weighted by Gasteiger charge is 2.29. The Hall–Kier alpha value is -2.56. The summed E-state index contributed by atoms with van der Waals surface area (Å²) in [4.78, 5) is 28.0. The van der Waals surface area contributed by atoms with Gasteiger partial charge in [-0.05, 0) is 26.8 Å². The van der Waals surface area contributed by atoms with E-state index in [1.165, 1.54) is 0 Å². The van der Waals surface area contributed by atoms with Crippen molar-refractivity contribution in [1.29, 1.82) is 0 Å². The number of aromatic nitrogens is 5. The Balaban J connectivity index is 1.23. The van der Waals surface area contributed by atoms with E-state index in [1.807, 2.05) is 38.4 Å². The van der Waals surface area contributed by atoms with E-state index in [2.05, 4.69) is 32.3 Å². The lowest BCUT2D eigenvalue weighted by molar-refractivity contribution is 0.108. The summed E-state index contributed by atoms with van der Waals surface area (Å²) in [7, 11) is 2.09. The SMILES string of the molecule is CCn1cc(Cl)c2cnc(Nc3cn(C4CCN(C(=O)N5CCN(C)CC5)CC4)nc3Cl)nc21. The van der Waals surface area contributed by atoms with Crippen LogP contribution in [0.5, 0.6) is 0 Å². The molecule has 2 amide bonds. The molecule has 5 heterocycles. The molecule has 0 aliphatic carbocycles. The van der Waals surface area contributed by atoms with E-state index in [1.54, 1.807) is 6.20 Å². The summed E-state index contributed by atoms with van der Waals surface area (Å²) in [5.74, 6) is 0.436. The van der Waals surface area contributed by atoms with Gasteiger partial charge < -0.3 is 24.6 Å². The second-order valence-corrected chi connectivity index (χ2v) is 9.69. The van der Waals surface area contributed by atoms with Crippen molar-refractivity contribution in [2.75, 3.05) is 51.6 Å². The number of hydrogen-bond acceptors (Lipinski definition) is 6. The topological polar surface area (TPSA) is 87.4 Å². The summed E-state index contributed by atoms with van der Waals surface area (Å²) in [6.45, 7) is 7.67. The summed E-state index contributed by atoms with van der Waals surface area (Å²) in [5.41, 5.74) is 1.42. The van der Waals surface area contributed by atoms with E-state index in [0.717, 1.165) is 56.6 Å². The van der Waals surface area contributed by atoms with Gasteiger partial charge in [0.2, 0.25) is 5.95 Å². The predicted octanol–water partition coefficient (Wildman–Crippen LogP) is 3.70. The lowest BCUT2D eigenvalue weighted by Crippen LogP contribution is -2.53. The fourth-order valence-electron chi connectivity index (χ4n) is 4.61. The van der Waals surface area contributed by atoms with Crippen LogP contribution in [0.2, 0.25) is 10.2 Å². The molecule has 0 atom stereocenters. The number of amides is 2. The van der Waals surface area contributed by atoms with Crippen LogP contribution < -0.4 is 5.32 Å². The highest BCUT2D eigenvalue weighted by molar-refractivity contribution is 6.35. The van der Waals surface area contributed by atoms with Gasteiger partial charge in [0, 0.05) is 58.2 Å². The largest absolute Gasteiger partial charge is 0.331 e. The molecule has 12 heteroatoms. The zero-order valence-corrected chi connectivity index (χ0v) is 20.9. The summed E-state index contributed by atoms with van der Waals surface area (Å²) in [6.07, 6.45) is 7.13. The van der Waals surface area contributed by atoms with Crippen LogP contribution in [0.3, 0.4) is 0 Å². The highest BCUT2D eigenvalue weighted by atomic mass is 35.5. The first kappa shape index (κ1) is 23.2. The molecule has 0 unspecified atom stereocenters. The number of urea groups is 1.